The molecule has 1 N–H and O–H groups in total. The van der Waals surface area contributed by atoms with E-state index in [0.717, 1.165) is 6.42 Å². The molecule has 3 rings (SSSR count). The highest BCUT2D eigenvalue weighted by Gasteiger charge is 2.24. The Hall–Kier alpha value is -2.74. The van der Waals surface area contributed by atoms with E-state index in [4.69, 9.17) is 4.74 Å². The van der Waals surface area contributed by atoms with E-state index in [-0.39, 0.29) is 11.7 Å². The van der Waals surface area contributed by atoms with Crippen molar-refractivity contribution in [3.63, 3.8) is 0 Å². The van der Waals surface area contributed by atoms with Crippen LogP contribution in [0.25, 0.3) is 0 Å². The van der Waals surface area contributed by atoms with Crippen LogP contribution in [0.3, 0.4) is 0 Å². The maximum absolute atomic E-state index is 14.0. The smallest absolute Gasteiger partial charge is 0.272 e. The Kier molecular flexibility index (Phi) is 6.76. The lowest BCUT2D eigenvalue weighted by molar-refractivity contribution is 0.0740. The van der Waals surface area contributed by atoms with Crippen molar-refractivity contribution < 1.29 is 13.9 Å². The molecular formula is C20H26FN5O2. The van der Waals surface area contributed by atoms with Crippen LogP contribution in [0.2, 0.25) is 0 Å². The zero-order valence-corrected chi connectivity index (χ0v) is 16.3. The number of amides is 1. The van der Waals surface area contributed by atoms with Crippen LogP contribution in [-0.4, -0.2) is 67.2 Å². The van der Waals surface area contributed by atoms with Gasteiger partial charge in [-0.2, -0.15) is 0 Å². The fraction of sp³-hybridized carbons (Fsp3) is 0.450. The van der Waals surface area contributed by atoms with Crippen LogP contribution in [-0.2, 0) is 4.74 Å². The lowest BCUT2D eigenvalue weighted by Gasteiger charge is -2.36. The summed E-state index contributed by atoms with van der Waals surface area (Å²) in [5.41, 5.74) is 0.955. The Labute approximate surface area is 164 Å². The van der Waals surface area contributed by atoms with E-state index in [9.17, 15) is 9.18 Å². The molecule has 8 heteroatoms. The summed E-state index contributed by atoms with van der Waals surface area (Å²) in [5, 5.41) is 3.20. The number of rotatable bonds is 7. The Balaban J connectivity index is 1.61. The van der Waals surface area contributed by atoms with Crippen LogP contribution in [0.4, 0.5) is 15.9 Å². The number of halogens is 1. The van der Waals surface area contributed by atoms with Gasteiger partial charge in [-0.3, -0.25) is 4.79 Å². The number of piperazine rings is 1. The van der Waals surface area contributed by atoms with Gasteiger partial charge in [-0.1, -0.05) is 12.1 Å². The maximum atomic E-state index is 14.0. The molecule has 0 aliphatic carbocycles. The van der Waals surface area contributed by atoms with Crippen LogP contribution < -0.4 is 10.2 Å². The summed E-state index contributed by atoms with van der Waals surface area (Å²) in [5.74, 6) is 0.818. The van der Waals surface area contributed by atoms with Crippen molar-refractivity contribution in [3.8, 4) is 0 Å². The number of aryl methyl sites for hydroxylation is 1. The summed E-state index contributed by atoms with van der Waals surface area (Å²) >= 11 is 0. The average Bonchev–Trinajstić information content (AvgIpc) is 2.71. The van der Waals surface area contributed by atoms with Crippen molar-refractivity contribution in [3.05, 3.63) is 47.7 Å². The monoisotopic (exact) mass is 387 g/mol. The molecule has 150 valence electrons. The summed E-state index contributed by atoms with van der Waals surface area (Å²) < 4.78 is 19.0. The Morgan fingerprint density at radius 3 is 2.68 bits per heavy atom. The van der Waals surface area contributed by atoms with Gasteiger partial charge in [0, 0.05) is 52.5 Å². The van der Waals surface area contributed by atoms with Crippen LogP contribution in [0.1, 0.15) is 22.7 Å². The van der Waals surface area contributed by atoms with Gasteiger partial charge in [-0.25, -0.2) is 14.4 Å². The topological polar surface area (TPSA) is 70.6 Å². The van der Waals surface area contributed by atoms with E-state index in [1.54, 1.807) is 37.1 Å². The van der Waals surface area contributed by atoms with Crippen molar-refractivity contribution in [1.82, 2.24) is 14.9 Å². The van der Waals surface area contributed by atoms with Crippen molar-refractivity contribution >= 4 is 17.4 Å². The van der Waals surface area contributed by atoms with E-state index >= 15 is 0 Å². The third-order valence-corrected chi connectivity index (χ3v) is 4.65. The molecule has 1 amide bonds. The van der Waals surface area contributed by atoms with Gasteiger partial charge in [0.15, 0.2) is 0 Å². The van der Waals surface area contributed by atoms with Crippen LogP contribution in [0.15, 0.2) is 30.3 Å². The number of aromatic nitrogens is 2. The summed E-state index contributed by atoms with van der Waals surface area (Å²) in [6, 6.07) is 8.41. The second-order valence-corrected chi connectivity index (χ2v) is 6.69. The molecule has 1 aromatic carbocycles. The van der Waals surface area contributed by atoms with Crippen molar-refractivity contribution in [2.24, 2.45) is 0 Å². The Bertz CT molecular complexity index is 809. The highest BCUT2D eigenvalue weighted by Crippen LogP contribution is 2.21. The van der Waals surface area contributed by atoms with Crippen LogP contribution in [0, 0.1) is 12.7 Å². The molecule has 1 aromatic heterocycles. The number of nitrogens with zero attached hydrogens (tertiary/aromatic N) is 4. The number of nitrogens with one attached hydrogen (secondary N) is 1. The molecule has 0 saturated carbocycles. The number of methoxy groups -OCH3 is 1. The highest BCUT2D eigenvalue weighted by atomic mass is 19.1. The summed E-state index contributed by atoms with van der Waals surface area (Å²) in [4.78, 5) is 25.2. The molecule has 0 radical (unpaired) electrons. The standard InChI is InChI=1S/C20H26FN5O2/c1-15-23-17(14-19(24-15)22-8-5-13-28-2)20(27)26-11-9-25(10-12-26)18-7-4-3-6-16(18)21/h3-4,6-7,14H,5,8-13H2,1-2H3,(H,22,23,24). The molecule has 2 aromatic rings. The van der Waals surface area contributed by atoms with Gasteiger partial charge in [0.1, 0.15) is 23.2 Å². The third kappa shape index (κ3) is 4.95. The second kappa shape index (κ2) is 9.45. The molecule has 1 saturated heterocycles. The Morgan fingerprint density at radius 2 is 1.96 bits per heavy atom. The van der Waals surface area contributed by atoms with Gasteiger partial charge in [0.2, 0.25) is 0 Å². The zero-order valence-electron chi connectivity index (χ0n) is 16.3. The first-order chi connectivity index (χ1) is 13.6. The summed E-state index contributed by atoms with van der Waals surface area (Å²) in [6.45, 7) is 5.35. The van der Waals surface area contributed by atoms with Gasteiger partial charge in [0.25, 0.3) is 5.91 Å². The molecule has 2 heterocycles. The fourth-order valence-corrected chi connectivity index (χ4v) is 3.22. The van der Waals surface area contributed by atoms with Crippen molar-refractivity contribution in [2.75, 3.05) is 56.7 Å². The second-order valence-electron chi connectivity index (χ2n) is 6.69. The molecule has 0 atom stereocenters. The van der Waals surface area contributed by atoms with E-state index in [1.165, 1.54) is 6.07 Å². The molecule has 0 bridgehead atoms. The zero-order chi connectivity index (χ0) is 19.9. The van der Waals surface area contributed by atoms with Gasteiger partial charge in [0.05, 0.1) is 5.69 Å². The van der Waals surface area contributed by atoms with Crippen molar-refractivity contribution in [2.45, 2.75) is 13.3 Å². The number of carbonyl (C=O) groups excluding carboxylic acids is 1. The van der Waals surface area contributed by atoms with Gasteiger partial charge < -0.3 is 19.9 Å². The molecular weight excluding hydrogens is 361 g/mol. The van der Waals surface area contributed by atoms with E-state index < -0.39 is 0 Å². The number of benzene rings is 1. The lowest BCUT2D eigenvalue weighted by Crippen LogP contribution is -2.49. The largest absolute Gasteiger partial charge is 0.385 e. The lowest BCUT2D eigenvalue weighted by atomic mass is 10.2. The first-order valence-corrected chi connectivity index (χ1v) is 9.45. The summed E-state index contributed by atoms with van der Waals surface area (Å²) in [7, 11) is 1.66. The minimum absolute atomic E-state index is 0.126. The SMILES string of the molecule is COCCCNc1cc(C(=O)N2CCN(c3ccccc3F)CC2)nc(C)n1. The normalized spacial score (nSPS) is 14.2. The molecule has 28 heavy (non-hydrogen) atoms. The van der Waals surface area contributed by atoms with Crippen LogP contribution >= 0.6 is 0 Å². The van der Waals surface area contributed by atoms with Gasteiger partial charge >= 0.3 is 0 Å². The number of carbonyl (C=O) groups is 1. The highest BCUT2D eigenvalue weighted by molar-refractivity contribution is 5.93. The maximum Gasteiger partial charge on any atom is 0.272 e. The first-order valence-electron chi connectivity index (χ1n) is 9.45. The molecule has 0 unspecified atom stereocenters. The Morgan fingerprint density at radius 1 is 1.21 bits per heavy atom. The number of anilines is 2. The summed E-state index contributed by atoms with van der Waals surface area (Å²) in [6.07, 6.45) is 0.848. The number of hydrogen-bond donors (Lipinski definition) is 1. The van der Waals surface area contributed by atoms with E-state index in [0.29, 0.717) is 62.4 Å². The molecule has 0 spiro atoms. The third-order valence-electron chi connectivity index (χ3n) is 4.65. The molecule has 7 nitrogen and oxygen atoms in total. The molecule has 1 fully saturated rings. The van der Waals surface area contributed by atoms with Crippen molar-refractivity contribution in [1.29, 1.82) is 0 Å². The fourth-order valence-electron chi connectivity index (χ4n) is 3.22. The number of para-hydroxylation sites is 1. The molecule has 1 aliphatic rings. The van der Waals surface area contributed by atoms with Gasteiger partial charge in [-0.05, 0) is 25.5 Å². The average molecular weight is 387 g/mol. The molecule has 1 aliphatic heterocycles. The quantitative estimate of drug-likeness (QED) is 0.736. The van der Waals surface area contributed by atoms with Crippen LogP contribution in [0.5, 0.6) is 0 Å². The first kappa shape index (κ1) is 20.0. The number of ether oxygens (including phenoxy) is 1. The predicted octanol–water partition coefficient (Wildman–Crippen LogP) is 2.33. The minimum atomic E-state index is -0.238. The predicted molar refractivity (Wildman–Crippen MR) is 106 cm³/mol. The van der Waals surface area contributed by atoms with E-state index in [2.05, 4.69) is 15.3 Å². The van der Waals surface area contributed by atoms with E-state index in [1.807, 2.05) is 11.0 Å². The van der Waals surface area contributed by atoms with Gasteiger partial charge in [-0.15, -0.1) is 0 Å². The number of hydrogen-bond acceptors (Lipinski definition) is 6. The minimum Gasteiger partial charge on any atom is -0.385 e.